The first-order chi connectivity index (χ1) is 16.4. The molecule has 1 aliphatic rings. The summed E-state index contributed by atoms with van der Waals surface area (Å²) < 4.78 is 8.46. The Kier molecular flexibility index (Phi) is 5.48. The van der Waals surface area contributed by atoms with Gasteiger partial charge in [0.15, 0.2) is 0 Å². The predicted octanol–water partition coefficient (Wildman–Crippen LogP) is 1.40. The number of H-pyrrole nitrogens is 1. The van der Waals surface area contributed by atoms with E-state index in [1.807, 2.05) is 54.6 Å². The number of ether oxygens (including phenoxy) is 1. The van der Waals surface area contributed by atoms with Gasteiger partial charge in [0.1, 0.15) is 18.0 Å². The van der Waals surface area contributed by atoms with E-state index in [0.717, 1.165) is 16.7 Å². The minimum atomic E-state index is -1.64. The maximum Gasteiger partial charge on any atom is 0.330 e. The van der Waals surface area contributed by atoms with Crippen molar-refractivity contribution < 1.29 is 14.9 Å². The van der Waals surface area contributed by atoms with Crippen LogP contribution >= 0.6 is 0 Å². The maximum atomic E-state index is 12.3. The number of aliphatic hydroxyl groups is 2. The molecular formula is C24H23N5O5. The van der Waals surface area contributed by atoms with Crippen molar-refractivity contribution in [3.63, 3.8) is 0 Å². The van der Waals surface area contributed by atoms with Crippen LogP contribution in [0.4, 0.5) is 0 Å². The van der Waals surface area contributed by atoms with E-state index >= 15 is 0 Å². The highest BCUT2D eigenvalue weighted by atomic mass is 16.6. The van der Waals surface area contributed by atoms with Crippen LogP contribution in [0, 0.1) is 6.92 Å². The van der Waals surface area contributed by atoms with Gasteiger partial charge in [-0.15, -0.1) is 5.10 Å². The molecule has 0 spiro atoms. The van der Waals surface area contributed by atoms with Gasteiger partial charge in [-0.2, -0.15) is 0 Å². The number of benzene rings is 2. The molecule has 3 heterocycles. The molecule has 34 heavy (non-hydrogen) atoms. The Hall–Kier alpha value is -3.86. The highest BCUT2D eigenvalue weighted by molar-refractivity contribution is 5.68. The lowest BCUT2D eigenvalue weighted by atomic mass is 10.0. The molecule has 0 bridgehead atoms. The smallest absolute Gasteiger partial charge is 0.330 e. The zero-order valence-corrected chi connectivity index (χ0v) is 18.3. The van der Waals surface area contributed by atoms with Crippen molar-refractivity contribution in [2.24, 2.45) is 0 Å². The third-order valence-corrected chi connectivity index (χ3v) is 6.14. The summed E-state index contributed by atoms with van der Waals surface area (Å²) in [5.74, 6) is 0. The van der Waals surface area contributed by atoms with Gasteiger partial charge in [0.05, 0.1) is 12.8 Å². The van der Waals surface area contributed by atoms with E-state index in [2.05, 4.69) is 15.3 Å². The van der Waals surface area contributed by atoms with Gasteiger partial charge in [0, 0.05) is 23.7 Å². The van der Waals surface area contributed by atoms with Gasteiger partial charge in [0.25, 0.3) is 5.56 Å². The third kappa shape index (κ3) is 3.67. The van der Waals surface area contributed by atoms with Crippen molar-refractivity contribution in [2.45, 2.75) is 31.4 Å². The first-order valence-corrected chi connectivity index (χ1v) is 10.8. The van der Waals surface area contributed by atoms with E-state index < -0.39 is 35.9 Å². The number of hydrogen-bond donors (Lipinski definition) is 3. The van der Waals surface area contributed by atoms with Crippen molar-refractivity contribution in [3.8, 4) is 22.4 Å². The zero-order chi connectivity index (χ0) is 23.9. The Morgan fingerprint density at radius 2 is 1.74 bits per heavy atom. The van der Waals surface area contributed by atoms with E-state index in [0.29, 0.717) is 11.3 Å². The van der Waals surface area contributed by atoms with Gasteiger partial charge in [-0.25, -0.2) is 9.48 Å². The number of rotatable bonds is 5. The molecule has 2 aromatic carbocycles. The van der Waals surface area contributed by atoms with Gasteiger partial charge in [0.2, 0.25) is 5.72 Å². The molecule has 0 amide bonds. The second kappa shape index (κ2) is 8.49. The summed E-state index contributed by atoms with van der Waals surface area (Å²) in [6.45, 7) is 0.962. The van der Waals surface area contributed by atoms with Gasteiger partial charge in [-0.1, -0.05) is 59.8 Å². The third-order valence-electron chi connectivity index (χ3n) is 6.14. The molecule has 1 aliphatic heterocycles. The Labute approximate surface area is 193 Å². The summed E-state index contributed by atoms with van der Waals surface area (Å²) in [7, 11) is 0. The van der Waals surface area contributed by atoms with Crippen molar-refractivity contribution in [1.29, 1.82) is 0 Å². The highest BCUT2D eigenvalue weighted by Gasteiger charge is 2.51. The fraction of sp³-hybridized carbons (Fsp3) is 0.250. The molecular weight excluding hydrogens is 438 g/mol. The zero-order valence-electron chi connectivity index (χ0n) is 18.3. The summed E-state index contributed by atoms with van der Waals surface area (Å²) >= 11 is 0. The molecule has 2 aromatic heterocycles. The average Bonchev–Trinajstić information content (AvgIpc) is 3.48. The number of aromatic nitrogens is 5. The van der Waals surface area contributed by atoms with Crippen LogP contribution in [0.2, 0.25) is 0 Å². The molecule has 0 unspecified atom stereocenters. The Balaban J connectivity index is 1.44. The molecule has 10 nitrogen and oxygen atoms in total. The average molecular weight is 461 g/mol. The van der Waals surface area contributed by atoms with Gasteiger partial charge in [-0.3, -0.25) is 14.3 Å². The molecule has 5 rings (SSSR count). The van der Waals surface area contributed by atoms with Crippen molar-refractivity contribution >= 4 is 0 Å². The molecule has 3 atom stereocenters. The fourth-order valence-electron chi connectivity index (χ4n) is 4.17. The summed E-state index contributed by atoms with van der Waals surface area (Å²) in [6, 6.07) is 17.8. The van der Waals surface area contributed by atoms with E-state index in [1.54, 1.807) is 13.1 Å². The molecule has 3 N–H and O–H groups in total. The normalized spacial score (nSPS) is 22.2. The quantitative estimate of drug-likeness (QED) is 0.409. The molecule has 0 aliphatic carbocycles. The molecule has 0 radical (unpaired) electrons. The second-order valence-electron chi connectivity index (χ2n) is 8.30. The van der Waals surface area contributed by atoms with Crippen LogP contribution in [0.25, 0.3) is 22.4 Å². The number of aromatic amines is 1. The minimum Gasteiger partial charge on any atom is -0.391 e. The summed E-state index contributed by atoms with van der Waals surface area (Å²) in [4.78, 5) is 26.2. The van der Waals surface area contributed by atoms with Gasteiger partial charge >= 0.3 is 5.69 Å². The number of nitrogens with one attached hydrogen (secondary N) is 1. The first-order valence-electron chi connectivity index (χ1n) is 10.8. The molecule has 1 fully saturated rings. The van der Waals surface area contributed by atoms with Crippen LogP contribution in [0.5, 0.6) is 0 Å². The highest BCUT2D eigenvalue weighted by Crippen LogP contribution is 2.39. The predicted molar refractivity (Wildman–Crippen MR) is 123 cm³/mol. The first kappa shape index (κ1) is 22.0. The molecule has 10 heteroatoms. The number of aryl methyl sites for hydroxylation is 1. The van der Waals surface area contributed by atoms with E-state index in [1.165, 1.54) is 15.4 Å². The van der Waals surface area contributed by atoms with Crippen molar-refractivity contribution in [2.75, 3.05) is 6.61 Å². The van der Waals surface area contributed by atoms with Crippen LogP contribution < -0.4 is 11.2 Å². The molecule has 0 saturated carbocycles. The van der Waals surface area contributed by atoms with Crippen molar-refractivity contribution in [3.05, 3.63) is 93.4 Å². The largest absolute Gasteiger partial charge is 0.391 e. The summed E-state index contributed by atoms with van der Waals surface area (Å²) in [6.07, 6.45) is 0.861. The van der Waals surface area contributed by atoms with Crippen LogP contribution in [0.15, 0.2) is 76.6 Å². The number of hydrogen-bond acceptors (Lipinski definition) is 7. The SMILES string of the molecule is Cc1cn([C@H]2C[C@H](O)[C@](CO)(n3cc(-c4ccc(-c5ccccc5)cc4)nn3)O2)c(=O)[nH]c1=O. The van der Waals surface area contributed by atoms with E-state index in [-0.39, 0.29) is 6.42 Å². The standard InChI is InChI=1S/C24H23N5O5/c1-15-12-28(23(33)25-22(15)32)21-11-20(31)24(14-30,34-21)29-13-19(26-27-29)18-9-7-17(8-10-18)16-5-3-2-4-6-16/h2-10,12-13,20-21,30-31H,11,14H2,1H3,(H,25,32,33)/t20-,21+,24+/m0/s1. The lowest BCUT2D eigenvalue weighted by Crippen LogP contribution is -2.46. The monoisotopic (exact) mass is 461 g/mol. The fourth-order valence-corrected chi connectivity index (χ4v) is 4.17. The van der Waals surface area contributed by atoms with E-state index in [4.69, 9.17) is 4.74 Å². The molecule has 1 saturated heterocycles. The van der Waals surface area contributed by atoms with Gasteiger partial charge in [-0.05, 0) is 18.1 Å². The topological polar surface area (TPSA) is 135 Å². The maximum absolute atomic E-state index is 12.3. The van der Waals surface area contributed by atoms with Crippen LogP contribution in [0.3, 0.4) is 0 Å². The Bertz CT molecular complexity index is 1430. The lowest BCUT2D eigenvalue weighted by molar-refractivity contribution is -0.187. The summed E-state index contributed by atoms with van der Waals surface area (Å²) in [5.41, 5.74) is 1.01. The van der Waals surface area contributed by atoms with Crippen LogP contribution in [-0.4, -0.2) is 47.5 Å². The lowest BCUT2D eigenvalue weighted by Gasteiger charge is -2.29. The Morgan fingerprint density at radius 1 is 1.06 bits per heavy atom. The molecule has 4 aromatic rings. The minimum absolute atomic E-state index is 0.00686. The van der Waals surface area contributed by atoms with Crippen LogP contribution in [0.1, 0.15) is 18.2 Å². The van der Waals surface area contributed by atoms with Crippen LogP contribution in [-0.2, 0) is 10.5 Å². The second-order valence-corrected chi connectivity index (χ2v) is 8.30. The van der Waals surface area contributed by atoms with E-state index in [9.17, 15) is 19.8 Å². The van der Waals surface area contributed by atoms with Crippen molar-refractivity contribution in [1.82, 2.24) is 24.5 Å². The summed E-state index contributed by atoms with van der Waals surface area (Å²) in [5, 5.41) is 29.3. The Morgan fingerprint density at radius 3 is 2.44 bits per heavy atom. The molecule has 174 valence electrons. The number of nitrogens with zero attached hydrogens (tertiary/aromatic N) is 4. The van der Waals surface area contributed by atoms with Gasteiger partial charge < -0.3 is 14.9 Å². The number of aliphatic hydroxyl groups excluding tert-OH is 2.